The number of hydrogen-bond acceptors (Lipinski definition) is 7. The number of hydrogen-bond donors (Lipinski definition) is 0. The predicted molar refractivity (Wildman–Crippen MR) is 114 cm³/mol. The zero-order chi connectivity index (χ0) is 21.5. The molecule has 0 radical (unpaired) electrons. The van der Waals surface area contributed by atoms with Crippen molar-refractivity contribution >= 4 is 17.1 Å². The highest BCUT2D eigenvalue weighted by Crippen LogP contribution is 2.35. The van der Waals surface area contributed by atoms with Gasteiger partial charge >= 0.3 is 0 Å². The number of fused-ring (bicyclic) bond motifs is 1. The second kappa shape index (κ2) is 7.86. The van der Waals surface area contributed by atoms with Crippen molar-refractivity contribution in [3.05, 3.63) is 24.5 Å². The quantitative estimate of drug-likeness (QED) is 0.624. The van der Waals surface area contributed by atoms with Crippen molar-refractivity contribution < 1.29 is 9.53 Å². The highest BCUT2D eigenvalue weighted by molar-refractivity contribution is 5.81. The Bertz CT molecular complexity index is 1100. The Morgan fingerprint density at radius 2 is 1.97 bits per heavy atom. The average Bonchev–Trinajstić information content (AvgIpc) is 3.36. The first-order valence-electron chi connectivity index (χ1n) is 11.0. The van der Waals surface area contributed by atoms with Crippen LogP contribution in [0.2, 0.25) is 0 Å². The molecule has 1 amide bonds. The predicted octanol–water partition coefficient (Wildman–Crippen LogP) is 2.64. The van der Waals surface area contributed by atoms with E-state index >= 15 is 0 Å². The van der Waals surface area contributed by atoms with Gasteiger partial charge in [-0.3, -0.25) is 4.79 Å². The SMILES string of the molecule is CCn1c(-c2cnc(C)nc2)nc2c(OC3CCN(C(=O)C4CC(C)C4)C3)ncnc21. The minimum atomic E-state index is -0.0857. The van der Waals surface area contributed by atoms with E-state index in [0.717, 1.165) is 42.8 Å². The van der Waals surface area contributed by atoms with E-state index < -0.39 is 0 Å². The summed E-state index contributed by atoms with van der Waals surface area (Å²) < 4.78 is 8.25. The van der Waals surface area contributed by atoms with Crippen LogP contribution >= 0.6 is 0 Å². The molecule has 3 aromatic rings. The molecule has 0 spiro atoms. The Kier molecular flexibility index (Phi) is 5.03. The Morgan fingerprint density at radius 3 is 2.68 bits per heavy atom. The molecule has 9 heteroatoms. The highest BCUT2D eigenvalue weighted by Gasteiger charge is 2.37. The van der Waals surface area contributed by atoms with E-state index in [0.29, 0.717) is 36.2 Å². The van der Waals surface area contributed by atoms with Gasteiger partial charge in [0.1, 0.15) is 24.1 Å². The third-order valence-corrected chi connectivity index (χ3v) is 6.31. The van der Waals surface area contributed by atoms with Gasteiger partial charge < -0.3 is 14.2 Å². The Labute approximate surface area is 180 Å². The number of rotatable bonds is 5. The summed E-state index contributed by atoms with van der Waals surface area (Å²) in [5.74, 6) is 3.05. The molecule has 2 aliphatic rings. The third kappa shape index (κ3) is 3.62. The summed E-state index contributed by atoms with van der Waals surface area (Å²) in [6, 6.07) is 0. The molecule has 2 fully saturated rings. The van der Waals surface area contributed by atoms with Gasteiger partial charge in [0.2, 0.25) is 11.8 Å². The van der Waals surface area contributed by atoms with Crippen LogP contribution in [0.25, 0.3) is 22.6 Å². The largest absolute Gasteiger partial charge is 0.471 e. The lowest BCUT2D eigenvalue weighted by molar-refractivity contribution is -0.138. The molecule has 0 bridgehead atoms. The maximum absolute atomic E-state index is 12.7. The van der Waals surface area contributed by atoms with E-state index in [1.807, 2.05) is 23.3 Å². The lowest BCUT2D eigenvalue weighted by Crippen LogP contribution is -2.40. The van der Waals surface area contributed by atoms with Crippen LogP contribution in [0.1, 0.15) is 38.9 Å². The number of imidazole rings is 1. The molecule has 4 heterocycles. The van der Waals surface area contributed by atoms with Crippen LogP contribution in [-0.2, 0) is 11.3 Å². The third-order valence-electron chi connectivity index (χ3n) is 6.31. The van der Waals surface area contributed by atoms with Gasteiger partial charge in [-0.15, -0.1) is 0 Å². The molecule has 1 saturated heterocycles. The molecule has 31 heavy (non-hydrogen) atoms. The summed E-state index contributed by atoms with van der Waals surface area (Å²) in [5, 5.41) is 0. The van der Waals surface area contributed by atoms with Crippen LogP contribution in [0.15, 0.2) is 18.7 Å². The van der Waals surface area contributed by atoms with Gasteiger partial charge in [0, 0.05) is 37.8 Å². The molecular formula is C22H27N7O2. The van der Waals surface area contributed by atoms with E-state index in [1.165, 1.54) is 6.33 Å². The molecule has 5 rings (SSSR count). The second-order valence-corrected chi connectivity index (χ2v) is 8.64. The summed E-state index contributed by atoms with van der Waals surface area (Å²) in [4.78, 5) is 36.8. The van der Waals surface area contributed by atoms with Gasteiger partial charge in [-0.2, -0.15) is 4.98 Å². The Balaban J connectivity index is 1.38. The van der Waals surface area contributed by atoms with E-state index in [-0.39, 0.29) is 17.9 Å². The topological polar surface area (TPSA) is 98.9 Å². The molecule has 9 nitrogen and oxygen atoms in total. The van der Waals surface area contributed by atoms with E-state index in [1.54, 1.807) is 12.4 Å². The van der Waals surface area contributed by atoms with Crippen LogP contribution < -0.4 is 4.74 Å². The van der Waals surface area contributed by atoms with Gasteiger partial charge in [0.15, 0.2) is 11.2 Å². The summed E-state index contributed by atoms with van der Waals surface area (Å²) in [6.07, 6.45) is 7.77. The number of carbonyl (C=O) groups excluding carboxylic acids is 1. The maximum Gasteiger partial charge on any atom is 0.245 e. The van der Waals surface area contributed by atoms with E-state index in [9.17, 15) is 4.79 Å². The molecular weight excluding hydrogens is 394 g/mol. The Morgan fingerprint density at radius 1 is 1.19 bits per heavy atom. The van der Waals surface area contributed by atoms with Crippen molar-refractivity contribution in [1.29, 1.82) is 0 Å². The monoisotopic (exact) mass is 421 g/mol. The van der Waals surface area contributed by atoms with Crippen LogP contribution in [0.3, 0.4) is 0 Å². The first-order chi connectivity index (χ1) is 15.0. The molecule has 162 valence electrons. The fourth-order valence-electron chi connectivity index (χ4n) is 4.57. The molecule has 1 unspecified atom stereocenters. The molecule has 1 saturated carbocycles. The number of amides is 1. The number of aromatic nitrogens is 6. The molecule has 1 aliphatic carbocycles. The van der Waals surface area contributed by atoms with Gasteiger partial charge in [-0.05, 0) is 32.6 Å². The van der Waals surface area contributed by atoms with Crippen LogP contribution in [0.5, 0.6) is 5.88 Å². The van der Waals surface area contributed by atoms with Crippen LogP contribution in [-0.4, -0.2) is 59.5 Å². The van der Waals surface area contributed by atoms with Gasteiger partial charge in [0.05, 0.1) is 12.1 Å². The van der Waals surface area contributed by atoms with Crippen LogP contribution in [0.4, 0.5) is 0 Å². The van der Waals surface area contributed by atoms with Crippen molar-refractivity contribution in [3.63, 3.8) is 0 Å². The standard InChI is InChI=1S/C22H27N7O2/c1-4-29-19(16-9-23-14(3)24-10-16)27-18-20(29)25-12-26-21(18)31-17-5-6-28(11-17)22(30)15-7-13(2)8-15/h9-10,12-13,15,17H,4-8,11H2,1-3H3. The van der Waals surface area contributed by atoms with Crippen molar-refractivity contribution in [3.8, 4) is 17.3 Å². The van der Waals surface area contributed by atoms with Crippen molar-refractivity contribution in [2.24, 2.45) is 11.8 Å². The number of ether oxygens (including phenoxy) is 1. The summed E-state index contributed by atoms with van der Waals surface area (Å²) in [5.41, 5.74) is 2.17. The number of aryl methyl sites for hydroxylation is 2. The lowest BCUT2D eigenvalue weighted by atomic mass is 9.75. The first kappa shape index (κ1) is 19.8. The summed E-state index contributed by atoms with van der Waals surface area (Å²) in [6.45, 7) is 8.13. The van der Waals surface area contributed by atoms with E-state index in [4.69, 9.17) is 9.72 Å². The second-order valence-electron chi connectivity index (χ2n) is 8.64. The molecule has 1 aliphatic heterocycles. The fraction of sp³-hybridized carbons (Fsp3) is 0.545. The van der Waals surface area contributed by atoms with Gasteiger partial charge in [-0.1, -0.05) is 6.92 Å². The molecule has 1 atom stereocenters. The first-order valence-corrected chi connectivity index (χ1v) is 11.0. The normalized spacial score (nSPS) is 23.2. The van der Waals surface area contributed by atoms with Crippen LogP contribution in [0, 0.1) is 18.8 Å². The minimum Gasteiger partial charge on any atom is -0.471 e. The molecule has 0 N–H and O–H groups in total. The average molecular weight is 422 g/mol. The van der Waals surface area contributed by atoms with E-state index in [2.05, 4.69) is 26.9 Å². The molecule has 0 aromatic carbocycles. The minimum absolute atomic E-state index is 0.0857. The smallest absolute Gasteiger partial charge is 0.245 e. The van der Waals surface area contributed by atoms with Crippen molar-refractivity contribution in [2.45, 2.75) is 52.7 Å². The van der Waals surface area contributed by atoms with Gasteiger partial charge in [-0.25, -0.2) is 19.9 Å². The summed E-state index contributed by atoms with van der Waals surface area (Å²) >= 11 is 0. The zero-order valence-electron chi connectivity index (χ0n) is 18.2. The maximum atomic E-state index is 12.7. The Hall–Kier alpha value is -3.10. The zero-order valence-corrected chi connectivity index (χ0v) is 18.2. The number of nitrogens with zero attached hydrogens (tertiary/aromatic N) is 7. The van der Waals surface area contributed by atoms with Crippen molar-refractivity contribution in [2.75, 3.05) is 13.1 Å². The number of carbonyl (C=O) groups is 1. The fourth-order valence-corrected chi connectivity index (χ4v) is 4.57. The highest BCUT2D eigenvalue weighted by atomic mass is 16.5. The number of likely N-dealkylation sites (tertiary alicyclic amines) is 1. The molecule has 3 aromatic heterocycles. The van der Waals surface area contributed by atoms with Gasteiger partial charge in [0.25, 0.3) is 0 Å². The summed E-state index contributed by atoms with van der Waals surface area (Å²) in [7, 11) is 0. The van der Waals surface area contributed by atoms with Crippen molar-refractivity contribution in [1.82, 2.24) is 34.4 Å². The lowest BCUT2D eigenvalue weighted by Gasteiger charge is -2.34.